The fourth-order valence-electron chi connectivity index (χ4n) is 4.41. The van der Waals surface area contributed by atoms with Crippen LogP contribution in [0.15, 0.2) is 48.7 Å². The summed E-state index contributed by atoms with van der Waals surface area (Å²) in [4.78, 5) is 17.5. The number of nitrogens with one attached hydrogen (secondary N) is 1. The smallest absolute Gasteiger partial charge is 0.272 e. The second kappa shape index (κ2) is 9.05. The Morgan fingerprint density at radius 1 is 1.00 bits per heavy atom. The summed E-state index contributed by atoms with van der Waals surface area (Å²) in [5.41, 5.74) is 3.93. The number of aromatic nitrogens is 5. The molecule has 0 unspecified atom stereocenters. The lowest BCUT2D eigenvalue weighted by Crippen LogP contribution is -2.25. The summed E-state index contributed by atoms with van der Waals surface area (Å²) in [6, 6.07) is 13.3. The van der Waals surface area contributed by atoms with Gasteiger partial charge in [-0.25, -0.2) is 4.98 Å². The highest BCUT2D eigenvalue weighted by Gasteiger charge is 2.35. The molecule has 0 bridgehead atoms. The molecule has 10 heteroatoms. The molecule has 1 aliphatic rings. The number of amides is 1. The van der Waals surface area contributed by atoms with E-state index >= 15 is 0 Å². The van der Waals surface area contributed by atoms with Gasteiger partial charge >= 0.3 is 0 Å². The predicted octanol–water partition coefficient (Wildman–Crippen LogP) is 3.53. The summed E-state index contributed by atoms with van der Waals surface area (Å²) in [5, 5.41) is 15.9. The van der Waals surface area contributed by atoms with Crippen LogP contribution < -0.4 is 19.5 Å². The molecule has 3 heterocycles. The summed E-state index contributed by atoms with van der Waals surface area (Å²) in [5.74, 6) is 1.95. The number of nitrogens with zero attached hydrogens (tertiary/aromatic N) is 5. The standard InChI is InChI=1S/C25H24N6O4/c1-14-23-17(16-10-20(34-3)21(35-4)12-19(16)33-2)11-22(32)28-24(23)31(30-14)25-27-18(13-26-29-25)15-8-6-5-7-9-15/h5-10,12-13,17H,11H2,1-4H3,(H,28,32)/t17-/m0/s1. The Morgan fingerprint density at radius 3 is 2.43 bits per heavy atom. The molecular weight excluding hydrogens is 448 g/mol. The van der Waals surface area contributed by atoms with Crippen LogP contribution in [0, 0.1) is 6.92 Å². The van der Waals surface area contributed by atoms with Crippen LogP contribution in [0.5, 0.6) is 17.2 Å². The number of hydrogen-bond acceptors (Lipinski definition) is 8. The Hall–Kier alpha value is -4.47. The van der Waals surface area contributed by atoms with Gasteiger partial charge < -0.3 is 19.5 Å². The SMILES string of the molecule is COc1cc(OC)c([C@@H]2CC(=O)Nc3c2c(C)nn3-c2nncc(-c3ccccc3)n2)cc1OC. The first-order chi connectivity index (χ1) is 17.0. The third-order valence-corrected chi connectivity index (χ3v) is 6.02. The van der Waals surface area contributed by atoms with E-state index in [0.717, 1.165) is 22.4 Å². The molecule has 35 heavy (non-hydrogen) atoms. The second-order valence-electron chi connectivity index (χ2n) is 8.02. The predicted molar refractivity (Wildman–Crippen MR) is 128 cm³/mol. The largest absolute Gasteiger partial charge is 0.496 e. The van der Waals surface area contributed by atoms with E-state index in [9.17, 15) is 4.79 Å². The van der Waals surface area contributed by atoms with Gasteiger partial charge in [-0.3, -0.25) is 4.79 Å². The van der Waals surface area contributed by atoms with Crippen molar-refractivity contribution in [2.75, 3.05) is 26.6 Å². The molecule has 1 aliphatic heterocycles. The number of anilines is 1. The van der Waals surface area contributed by atoms with Gasteiger partial charge in [-0.2, -0.15) is 14.9 Å². The van der Waals surface area contributed by atoms with Gasteiger partial charge in [0.25, 0.3) is 5.95 Å². The van der Waals surface area contributed by atoms with Crippen molar-refractivity contribution in [2.45, 2.75) is 19.3 Å². The maximum absolute atomic E-state index is 12.9. The van der Waals surface area contributed by atoms with Crippen LogP contribution >= 0.6 is 0 Å². The number of hydrogen-bond donors (Lipinski definition) is 1. The quantitative estimate of drug-likeness (QED) is 0.453. The number of methoxy groups -OCH3 is 3. The number of benzene rings is 2. The molecule has 5 rings (SSSR count). The number of ether oxygens (including phenoxy) is 3. The molecule has 4 aromatic rings. The number of carbonyl (C=O) groups excluding carboxylic acids is 1. The molecule has 1 amide bonds. The minimum atomic E-state index is -0.326. The Kier molecular flexibility index (Phi) is 5.77. The van der Waals surface area contributed by atoms with Crippen molar-refractivity contribution < 1.29 is 19.0 Å². The van der Waals surface area contributed by atoms with Crippen molar-refractivity contribution in [3.63, 3.8) is 0 Å². The molecule has 0 fully saturated rings. The lowest BCUT2D eigenvalue weighted by molar-refractivity contribution is -0.116. The average molecular weight is 473 g/mol. The molecule has 1 N–H and O–H groups in total. The van der Waals surface area contributed by atoms with Crippen LogP contribution in [-0.2, 0) is 4.79 Å². The first-order valence-corrected chi connectivity index (χ1v) is 11.0. The maximum Gasteiger partial charge on any atom is 0.272 e. The highest BCUT2D eigenvalue weighted by molar-refractivity contribution is 5.95. The zero-order chi connectivity index (χ0) is 24.5. The zero-order valence-corrected chi connectivity index (χ0v) is 19.8. The molecular formula is C25H24N6O4. The van der Waals surface area contributed by atoms with Crippen LogP contribution in [0.1, 0.15) is 29.2 Å². The molecule has 0 aliphatic carbocycles. The van der Waals surface area contributed by atoms with Crippen LogP contribution in [-0.4, -0.2) is 52.2 Å². The Bertz CT molecular complexity index is 1400. The van der Waals surface area contributed by atoms with Crippen LogP contribution in [0.2, 0.25) is 0 Å². The van der Waals surface area contributed by atoms with Crippen molar-refractivity contribution in [1.29, 1.82) is 0 Å². The van der Waals surface area contributed by atoms with Gasteiger partial charge in [-0.1, -0.05) is 30.3 Å². The number of aryl methyl sites for hydroxylation is 1. The fraction of sp³-hybridized carbons (Fsp3) is 0.240. The van der Waals surface area contributed by atoms with E-state index in [4.69, 9.17) is 14.2 Å². The topological polar surface area (TPSA) is 113 Å². The van der Waals surface area contributed by atoms with Crippen molar-refractivity contribution in [3.8, 4) is 34.5 Å². The first-order valence-electron chi connectivity index (χ1n) is 11.0. The molecule has 0 saturated heterocycles. The van der Waals surface area contributed by atoms with Gasteiger partial charge in [0.15, 0.2) is 11.5 Å². The molecule has 0 spiro atoms. The summed E-state index contributed by atoms with van der Waals surface area (Å²) in [6.07, 6.45) is 1.81. The van der Waals surface area contributed by atoms with Gasteiger partial charge in [0.05, 0.1) is 38.9 Å². The molecule has 1 atom stereocenters. The van der Waals surface area contributed by atoms with E-state index in [2.05, 4.69) is 25.6 Å². The zero-order valence-electron chi connectivity index (χ0n) is 19.8. The van der Waals surface area contributed by atoms with Crippen molar-refractivity contribution in [1.82, 2.24) is 25.0 Å². The van der Waals surface area contributed by atoms with Gasteiger partial charge in [-0.15, -0.1) is 5.10 Å². The van der Waals surface area contributed by atoms with Gasteiger partial charge in [-0.05, 0) is 13.0 Å². The Morgan fingerprint density at radius 2 is 1.71 bits per heavy atom. The normalized spacial score (nSPS) is 14.7. The highest BCUT2D eigenvalue weighted by atomic mass is 16.5. The summed E-state index contributed by atoms with van der Waals surface area (Å²) in [6.45, 7) is 1.89. The van der Waals surface area contributed by atoms with E-state index < -0.39 is 0 Å². The Labute approximate surface area is 201 Å². The van der Waals surface area contributed by atoms with Crippen molar-refractivity contribution >= 4 is 11.7 Å². The monoisotopic (exact) mass is 472 g/mol. The van der Waals surface area contributed by atoms with Gasteiger partial charge in [0.1, 0.15) is 11.6 Å². The van der Waals surface area contributed by atoms with E-state index in [1.807, 2.05) is 43.3 Å². The van der Waals surface area contributed by atoms with Crippen LogP contribution in [0.25, 0.3) is 17.2 Å². The van der Waals surface area contributed by atoms with E-state index in [1.54, 1.807) is 33.6 Å². The molecule has 2 aromatic carbocycles. The fourth-order valence-corrected chi connectivity index (χ4v) is 4.41. The summed E-state index contributed by atoms with van der Waals surface area (Å²) < 4.78 is 18.1. The molecule has 2 aromatic heterocycles. The maximum atomic E-state index is 12.9. The second-order valence-corrected chi connectivity index (χ2v) is 8.02. The molecule has 178 valence electrons. The highest BCUT2D eigenvalue weighted by Crippen LogP contribution is 2.46. The lowest BCUT2D eigenvalue weighted by Gasteiger charge is -2.26. The minimum Gasteiger partial charge on any atom is -0.496 e. The van der Waals surface area contributed by atoms with Crippen molar-refractivity contribution in [2.24, 2.45) is 0 Å². The number of fused-ring (bicyclic) bond motifs is 1. The first kappa shape index (κ1) is 22.3. The summed E-state index contributed by atoms with van der Waals surface area (Å²) >= 11 is 0. The molecule has 0 radical (unpaired) electrons. The molecule has 0 saturated carbocycles. The van der Waals surface area contributed by atoms with E-state index in [1.165, 1.54) is 4.68 Å². The van der Waals surface area contributed by atoms with Crippen molar-refractivity contribution in [3.05, 3.63) is 65.5 Å². The number of carbonyl (C=O) groups is 1. The minimum absolute atomic E-state index is 0.160. The van der Waals surface area contributed by atoms with E-state index in [-0.39, 0.29) is 24.2 Å². The third kappa shape index (κ3) is 3.92. The number of rotatable bonds is 6. The third-order valence-electron chi connectivity index (χ3n) is 6.02. The van der Waals surface area contributed by atoms with Gasteiger partial charge in [0, 0.05) is 35.1 Å². The molecule has 10 nitrogen and oxygen atoms in total. The van der Waals surface area contributed by atoms with Gasteiger partial charge in [0.2, 0.25) is 5.91 Å². The van der Waals surface area contributed by atoms with Crippen LogP contribution in [0.3, 0.4) is 0 Å². The average Bonchev–Trinajstić information content (AvgIpc) is 3.23. The summed E-state index contributed by atoms with van der Waals surface area (Å²) in [7, 11) is 4.72. The Balaban J connectivity index is 1.65. The van der Waals surface area contributed by atoms with E-state index in [0.29, 0.717) is 28.8 Å². The van der Waals surface area contributed by atoms with Crippen LogP contribution in [0.4, 0.5) is 5.82 Å². The lowest BCUT2D eigenvalue weighted by atomic mass is 9.85.